The van der Waals surface area contributed by atoms with Crippen LogP contribution < -0.4 is 11.5 Å². The number of ether oxygens (including phenoxy) is 2. The molecule has 0 radical (unpaired) electrons. The molecular weight excluding hydrogens is 156 g/mol. The van der Waals surface area contributed by atoms with E-state index in [-0.39, 0.29) is 11.4 Å². The summed E-state index contributed by atoms with van der Waals surface area (Å²) in [6, 6.07) is 0. The van der Waals surface area contributed by atoms with Crippen molar-refractivity contribution in [3.05, 3.63) is 0 Å². The Morgan fingerprint density at radius 2 is 1.92 bits per heavy atom. The van der Waals surface area contributed by atoms with E-state index in [4.69, 9.17) is 20.9 Å². The Bertz CT molecular complexity index is 229. The van der Waals surface area contributed by atoms with Crippen molar-refractivity contribution in [2.24, 2.45) is 17.4 Å². The maximum atomic E-state index is 5.93. The van der Waals surface area contributed by atoms with E-state index in [0.29, 0.717) is 18.6 Å². The normalized spacial score (nSPS) is 62.5. The van der Waals surface area contributed by atoms with Crippen molar-refractivity contribution in [3.63, 3.8) is 0 Å². The fourth-order valence-electron chi connectivity index (χ4n) is 2.29. The first-order valence-electron chi connectivity index (χ1n) is 4.52. The lowest BCUT2D eigenvalue weighted by molar-refractivity contribution is 0.160. The van der Waals surface area contributed by atoms with E-state index < -0.39 is 0 Å². The second-order valence-electron chi connectivity index (χ2n) is 4.28. The van der Waals surface area contributed by atoms with E-state index in [1.54, 1.807) is 0 Å². The van der Waals surface area contributed by atoms with Gasteiger partial charge in [0.05, 0.1) is 6.61 Å². The Labute approximate surface area is 71.2 Å². The van der Waals surface area contributed by atoms with Crippen LogP contribution in [0, 0.1) is 5.92 Å². The number of fused-ring (bicyclic) bond motifs is 1. The topological polar surface area (TPSA) is 77.1 Å². The lowest BCUT2D eigenvalue weighted by Gasteiger charge is -2.25. The van der Waals surface area contributed by atoms with Gasteiger partial charge in [-0.3, -0.25) is 0 Å². The molecule has 0 amide bonds. The van der Waals surface area contributed by atoms with Crippen LogP contribution in [0.4, 0.5) is 0 Å². The molecule has 3 fully saturated rings. The Balaban J connectivity index is 1.74. The number of epoxide rings is 2. The van der Waals surface area contributed by atoms with E-state index in [0.717, 1.165) is 19.3 Å². The summed E-state index contributed by atoms with van der Waals surface area (Å²) in [7, 11) is 0. The van der Waals surface area contributed by atoms with Crippen LogP contribution in [0.1, 0.15) is 19.3 Å². The van der Waals surface area contributed by atoms with E-state index >= 15 is 0 Å². The fourth-order valence-corrected chi connectivity index (χ4v) is 2.29. The van der Waals surface area contributed by atoms with Gasteiger partial charge in [-0.1, -0.05) is 0 Å². The number of nitrogens with two attached hydrogens (primary N) is 2. The summed E-state index contributed by atoms with van der Waals surface area (Å²) in [5, 5.41) is 0. The summed E-state index contributed by atoms with van der Waals surface area (Å²) < 4.78 is 10.6. The first-order chi connectivity index (χ1) is 5.62. The molecule has 2 aliphatic heterocycles. The highest BCUT2D eigenvalue weighted by molar-refractivity contribution is 5.08. The number of rotatable bonds is 1. The van der Waals surface area contributed by atoms with E-state index in [1.807, 2.05) is 0 Å². The molecule has 1 aliphatic carbocycles. The van der Waals surface area contributed by atoms with Gasteiger partial charge in [0.2, 0.25) is 0 Å². The van der Waals surface area contributed by atoms with Crippen molar-refractivity contribution < 1.29 is 9.47 Å². The predicted molar refractivity (Wildman–Crippen MR) is 42.0 cm³/mol. The molecule has 2 heterocycles. The molecule has 0 aromatic carbocycles. The Kier molecular flexibility index (Phi) is 1.12. The zero-order valence-corrected chi connectivity index (χ0v) is 6.95. The molecule has 3 rings (SSSR count). The summed E-state index contributed by atoms with van der Waals surface area (Å²) in [4.78, 5) is 0. The largest absolute Gasteiger partial charge is 0.354 e. The van der Waals surface area contributed by atoms with Gasteiger partial charge in [0.1, 0.15) is 17.6 Å². The maximum absolute atomic E-state index is 5.93. The summed E-state index contributed by atoms with van der Waals surface area (Å²) in [6.07, 6.45) is 3.31. The molecule has 1 saturated carbocycles. The maximum Gasteiger partial charge on any atom is 0.144 e. The van der Waals surface area contributed by atoms with E-state index in [9.17, 15) is 0 Å². The van der Waals surface area contributed by atoms with Crippen LogP contribution in [0.5, 0.6) is 0 Å². The monoisotopic (exact) mass is 170 g/mol. The van der Waals surface area contributed by atoms with Gasteiger partial charge < -0.3 is 20.9 Å². The van der Waals surface area contributed by atoms with Gasteiger partial charge in [-0.25, -0.2) is 0 Å². The summed E-state index contributed by atoms with van der Waals surface area (Å²) in [5.41, 5.74) is 11.2. The molecule has 0 aromatic heterocycles. The predicted octanol–water partition coefficient (Wildman–Crippen LogP) is -0.475. The first-order valence-corrected chi connectivity index (χ1v) is 4.52. The van der Waals surface area contributed by atoms with Gasteiger partial charge in [-0.2, -0.15) is 0 Å². The van der Waals surface area contributed by atoms with Crippen LogP contribution >= 0.6 is 0 Å². The molecule has 4 nitrogen and oxygen atoms in total. The standard InChI is InChI=1S/C8H14N2O2/c9-7-3-5(8(10)4-11-8)1-2-6(7)12-7/h5-6H,1-4,9-10H2. The molecule has 4 heteroatoms. The van der Waals surface area contributed by atoms with Gasteiger partial charge in [0, 0.05) is 5.92 Å². The summed E-state index contributed by atoms with van der Waals surface area (Å²) >= 11 is 0. The van der Waals surface area contributed by atoms with Crippen molar-refractivity contribution in [2.75, 3.05) is 6.61 Å². The van der Waals surface area contributed by atoms with Crippen molar-refractivity contribution in [2.45, 2.75) is 36.8 Å². The Hall–Kier alpha value is -0.160. The van der Waals surface area contributed by atoms with Gasteiger partial charge in [-0.05, 0) is 19.3 Å². The SMILES string of the molecule is NC1(C2CCC3OC3(N)C2)CO1. The quantitative estimate of drug-likeness (QED) is 0.521. The summed E-state index contributed by atoms with van der Waals surface area (Å²) in [5.74, 6) is 0.404. The van der Waals surface area contributed by atoms with Crippen LogP contribution in [-0.4, -0.2) is 24.2 Å². The zero-order valence-electron chi connectivity index (χ0n) is 6.95. The molecule has 3 aliphatic rings. The highest BCUT2D eigenvalue weighted by Crippen LogP contribution is 2.50. The van der Waals surface area contributed by atoms with Crippen molar-refractivity contribution in [3.8, 4) is 0 Å². The smallest absolute Gasteiger partial charge is 0.144 e. The highest BCUT2D eigenvalue weighted by Gasteiger charge is 2.62. The Morgan fingerprint density at radius 3 is 2.50 bits per heavy atom. The van der Waals surface area contributed by atoms with Gasteiger partial charge in [0.25, 0.3) is 0 Å². The van der Waals surface area contributed by atoms with E-state index in [2.05, 4.69) is 0 Å². The van der Waals surface area contributed by atoms with Crippen LogP contribution in [0.3, 0.4) is 0 Å². The lowest BCUT2D eigenvalue weighted by atomic mass is 9.82. The third-order valence-electron chi connectivity index (χ3n) is 3.36. The zero-order chi connectivity index (χ0) is 8.40. The second-order valence-corrected chi connectivity index (χ2v) is 4.28. The minimum atomic E-state index is -0.358. The molecule has 4 N–H and O–H groups in total. The van der Waals surface area contributed by atoms with Crippen molar-refractivity contribution >= 4 is 0 Å². The molecule has 0 aromatic rings. The molecule has 4 atom stereocenters. The highest BCUT2D eigenvalue weighted by atomic mass is 16.6. The van der Waals surface area contributed by atoms with Gasteiger partial charge >= 0.3 is 0 Å². The molecule has 2 saturated heterocycles. The molecule has 68 valence electrons. The van der Waals surface area contributed by atoms with E-state index in [1.165, 1.54) is 0 Å². The second kappa shape index (κ2) is 1.85. The van der Waals surface area contributed by atoms with Crippen molar-refractivity contribution in [1.29, 1.82) is 0 Å². The molecule has 4 unspecified atom stereocenters. The molecule has 12 heavy (non-hydrogen) atoms. The van der Waals surface area contributed by atoms with Gasteiger partial charge in [-0.15, -0.1) is 0 Å². The van der Waals surface area contributed by atoms with Crippen LogP contribution in [-0.2, 0) is 9.47 Å². The number of hydrogen-bond donors (Lipinski definition) is 2. The van der Waals surface area contributed by atoms with Crippen LogP contribution in [0.25, 0.3) is 0 Å². The fraction of sp³-hybridized carbons (Fsp3) is 1.00. The lowest BCUT2D eigenvalue weighted by Crippen LogP contribution is -2.43. The Morgan fingerprint density at radius 1 is 1.17 bits per heavy atom. The molecule has 0 spiro atoms. The average Bonchev–Trinajstić information content (AvgIpc) is 2.86. The van der Waals surface area contributed by atoms with Crippen molar-refractivity contribution in [1.82, 2.24) is 0 Å². The minimum absolute atomic E-state index is 0.302. The average molecular weight is 170 g/mol. The third kappa shape index (κ3) is 0.864. The first kappa shape index (κ1) is 7.26. The van der Waals surface area contributed by atoms with Gasteiger partial charge in [0.15, 0.2) is 0 Å². The minimum Gasteiger partial charge on any atom is -0.354 e. The molecular formula is C8H14N2O2. The molecule has 0 bridgehead atoms. The third-order valence-corrected chi connectivity index (χ3v) is 3.36. The number of hydrogen-bond acceptors (Lipinski definition) is 4. The summed E-state index contributed by atoms with van der Waals surface area (Å²) in [6.45, 7) is 0.693. The van der Waals surface area contributed by atoms with Crippen LogP contribution in [0.2, 0.25) is 0 Å². The van der Waals surface area contributed by atoms with Crippen LogP contribution in [0.15, 0.2) is 0 Å².